The van der Waals surface area contributed by atoms with Crippen molar-refractivity contribution in [3.05, 3.63) is 12.2 Å². The van der Waals surface area contributed by atoms with E-state index in [9.17, 15) is 13.2 Å². The zero-order valence-electron chi connectivity index (χ0n) is 3.71. The minimum absolute atomic E-state index is 0.833. The fourth-order valence-corrected chi connectivity index (χ4v) is 0.164. The molecule has 0 aromatic rings. The Balaban J connectivity index is 3.56. The van der Waals surface area contributed by atoms with Gasteiger partial charge in [-0.3, -0.25) is 0 Å². The second-order valence-corrected chi connectivity index (χ2v) is 0.931. The van der Waals surface area contributed by atoms with E-state index in [1.54, 1.807) is 0 Å². The number of rotatable bonds is 0. The van der Waals surface area contributed by atoms with Gasteiger partial charge in [-0.05, 0) is 6.92 Å². The molecular formula is C4H4F3. The molecule has 0 rings (SSSR count). The monoisotopic (exact) mass is 109 g/mol. The van der Waals surface area contributed by atoms with Gasteiger partial charge in [0.25, 0.3) is 0 Å². The van der Waals surface area contributed by atoms with Crippen LogP contribution in [0.5, 0.6) is 0 Å². The largest absolute Gasteiger partial charge is 0.416 e. The van der Waals surface area contributed by atoms with Gasteiger partial charge in [-0.2, -0.15) is 13.2 Å². The van der Waals surface area contributed by atoms with Gasteiger partial charge in [0.1, 0.15) is 0 Å². The van der Waals surface area contributed by atoms with Crippen LogP contribution in [-0.4, -0.2) is 6.18 Å². The van der Waals surface area contributed by atoms with Crippen molar-refractivity contribution < 1.29 is 13.2 Å². The Bertz CT molecular complexity index is 69.5. The number of alkyl halides is 3. The first kappa shape index (κ1) is 6.53. The summed E-state index contributed by atoms with van der Waals surface area (Å²) in [5.74, 6) is 0. The smallest absolute Gasteiger partial charge is 0.166 e. The van der Waals surface area contributed by atoms with E-state index in [0.29, 0.717) is 0 Å². The van der Waals surface area contributed by atoms with Gasteiger partial charge < -0.3 is 0 Å². The molecule has 0 aliphatic carbocycles. The Morgan fingerprint density at radius 2 is 1.86 bits per heavy atom. The van der Waals surface area contributed by atoms with Crippen LogP contribution < -0.4 is 0 Å². The fraction of sp³-hybridized carbons (Fsp3) is 0.500. The summed E-state index contributed by atoms with van der Waals surface area (Å²) in [6.45, 7) is 1.27. The van der Waals surface area contributed by atoms with Crippen molar-refractivity contribution in [3.63, 3.8) is 0 Å². The van der Waals surface area contributed by atoms with Gasteiger partial charge in [0.05, 0.1) is 6.08 Å². The van der Waals surface area contributed by atoms with E-state index in [-0.39, 0.29) is 0 Å². The molecule has 0 atom stereocenters. The second kappa shape index (κ2) is 2.00. The molecule has 0 aromatic heterocycles. The normalized spacial score (nSPS) is 13.1. The van der Waals surface area contributed by atoms with Gasteiger partial charge in [-0.25, -0.2) is 0 Å². The molecule has 0 aromatic carbocycles. The highest BCUT2D eigenvalue weighted by molar-refractivity contribution is 4.74. The molecule has 0 spiro atoms. The van der Waals surface area contributed by atoms with E-state index in [2.05, 4.69) is 0 Å². The van der Waals surface area contributed by atoms with Crippen LogP contribution >= 0.6 is 0 Å². The highest BCUT2D eigenvalue weighted by atomic mass is 19.4. The topological polar surface area (TPSA) is 0 Å². The molecule has 0 amide bonds. The predicted molar refractivity (Wildman–Crippen MR) is 19.5 cm³/mol. The lowest BCUT2D eigenvalue weighted by Gasteiger charge is -1.92. The molecule has 0 unspecified atom stereocenters. The van der Waals surface area contributed by atoms with Crippen molar-refractivity contribution in [2.24, 2.45) is 0 Å². The molecule has 0 nitrogen and oxygen atoms in total. The van der Waals surface area contributed by atoms with Crippen LogP contribution in [0.4, 0.5) is 13.2 Å². The lowest BCUT2D eigenvalue weighted by Crippen LogP contribution is -2.00. The van der Waals surface area contributed by atoms with Crippen molar-refractivity contribution in [2.75, 3.05) is 0 Å². The summed E-state index contributed by atoms with van der Waals surface area (Å²) >= 11 is 0. The maximum atomic E-state index is 10.9. The average molecular weight is 109 g/mol. The minimum atomic E-state index is -4.26. The Hall–Kier alpha value is -0.470. The van der Waals surface area contributed by atoms with Crippen molar-refractivity contribution >= 4 is 0 Å². The zero-order valence-corrected chi connectivity index (χ0v) is 3.71. The van der Waals surface area contributed by atoms with Gasteiger partial charge in [0.2, 0.25) is 0 Å². The third kappa shape index (κ3) is 5.53. The summed E-state index contributed by atoms with van der Waals surface area (Å²) in [5.41, 5.74) is 0. The molecule has 0 saturated carbocycles. The highest BCUT2D eigenvalue weighted by Crippen LogP contribution is 2.13. The van der Waals surface area contributed by atoms with Crippen LogP contribution in [0, 0.1) is 6.08 Å². The Morgan fingerprint density at radius 3 is 1.86 bits per heavy atom. The molecule has 3 heteroatoms. The molecule has 0 saturated heterocycles. The first-order valence-corrected chi connectivity index (χ1v) is 1.68. The quantitative estimate of drug-likeness (QED) is 0.445. The summed E-state index contributed by atoms with van der Waals surface area (Å²) in [4.78, 5) is 0. The van der Waals surface area contributed by atoms with E-state index < -0.39 is 6.18 Å². The van der Waals surface area contributed by atoms with Gasteiger partial charge in [0.15, 0.2) is 0 Å². The third-order valence-corrected chi connectivity index (χ3v) is 0.308. The molecule has 0 bridgehead atoms. The van der Waals surface area contributed by atoms with E-state index in [0.717, 1.165) is 12.2 Å². The molecule has 0 N–H and O–H groups in total. The zero-order chi connectivity index (χ0) is 5.91. The van der Waals surface area contributed by atoms with E-state index in [1.807, 2.05) is 0 Å². The summed E-state index contributed by atoms with van der Waals surface area (Å²) in [6.07, 6.45) is -2.26. The number of halogens is 3. The molecular weight excluding hydrogens is 105 g/mol. The molecule has 0 heterocycles. The molecule has 7 heavy (non-hydrogen) atoms. The summed E-state index contributed by atoms with van der Waals surface area (Å²) in [7, 11) is 0. The van der Waals surface area contributed by atoms with Gasteiger partial charge in [-0.15, -0.1) is 0 Å². The molecule has 0 aliphatic rings. The molecule has 0 fully saturated rings. The minimum Gasteiger partial charge on any atom is -0.166 e. The first-order chi connectivity index (χ1) is 3.06. The van der Waals surface area contributed by atoms with Crippen LogP contribution in [0.3, 0.4) is 0 Å². The van der Waals surface area contributed by atoms with E-state index >= 15 is 0 Å². The second-order valence-electron chi connectivity index (χ2n) is 0.931. The van der Waals surface area contributed by atoms with Crippen LogP contribution in [0.15, 0.2) is 6.08 Å². The van der Waals surface area contributed by atoms with Crippen molar-refractivity contribution in [1.29, 1.82) is 0 Å². The van der Waals surface area contributed by atoms with E-state index in [4.69, 9.17) is 0 Å². The predicted octanol–water partition coefficient (Wildman–Crippen LogP) is 1.93. The van der Waals surface area contributed by atoms with Crippen molar-refractivity contribution in [2.45, 2.75) is 13.1 Å². The Labute approximate surface area is 39.6 Å². The van der Waals surface area contributed by atoms with Crippen molar-refractivity contribution in [3.8, 4) is 0 Å². The Morgan fingerprint density at radius 1 is 1.43 bits per heavy atom. The van der Waals surface area contributed by atoms with E-state index in [1.165, 1.54) is 6.92 Å². The summed E-state index contributed by atoms with van der Waals surface area (Å²) in [6, 6.07) is 0. The summed E-state index contributed by atoms with van der Waals surface area (Å²) in [5, 5.41) is 0. The third-order valence-electron chi connectivity index (χ3n) is 0.308. The lowest BCUT2D eigenvalue weighted by molar-refractivity contribution is -0.0876. The fourth-order valence-electron chi connectivity index (χ4n) is 0.164. The maximum absolute atomic E-state index is 10.9. The first-order valence-electron chi connectivity index (χ1n) is 1.68. The molecule has 1 radical (unpaired) electrons. The Kier molecular flexibility index (Phi) is 1.87. The van der Waals surface area contributed by atoms with Gasteiger partial charge >= 0.3 is 6.18 Å². The SMILES string of the molecule is C/C=[C]/C(F)(F)F. The number of allylic oxidation sites excluding steroid dienone is 2. The summed E-state index contributed by atoms with van der Waals surface area (Å²) < 4.78 is 32.7. The van der Waals surface area contributed by atoms with Crippen LogP contribution in [0.25, 0.3) is 0 Å². The van der Waals surface area contributed by atoms with Crippen LogP contribution in [0.2, 0.25) is 0 Å². The lowest BCUT2D eigenvalue weighted by atomic mass is 10.5. The average Bonchev–Trinajstić information content (AvgIpc) is 1.30. The van der Waals surface area contributed by atoms with Crippen LogP contribution in [0.1, 0.15) is 6.92 Å². The van der Waals surface area contributed by atoms with Crippen LogP contribution in [-0.2, 0) is 0 Å². The number of hydrogen-bond acceptors (Lipinski definition) is 0. The molecule has 41 valence electrons. The highest BCUT2D eigenvalue weighted by Gasteiger charge is 2.21. The number of hydrogen-bond donors (Lipinski definition) is 0. The molecule has 0 aliphatic heterocycles. The van der Waals surface area contributed by atoms with Gasteiger partial charge in [-0.1, -0.05) is 6.08 Å². The van der Waals surface area contributed by atoms with Crippen molar-refractivity contribution in [1.82, 2.24) is 0 Å². The standard InChI is InChI=1S/C4H4F3/c1-2-3-4(5,6)7/h2H,1H3. The van der Waals surface area contributed by atoms with Gasteiger partial charge in [0, 0.05) is 0 Å². The maximum Gasteiger partial charge on any atom is 0.416 e.